The highest BCUT2D eigenvalue weighted by atomic mass is 32.1. The Labute approximate surface area is 122 Å². The molecule has 4 heteroatoms. The maximum Gasteiger partial charge on any atom is 0.123 e. The highest BCUT2D eigenvalue weighted by Crippen LogP contribution is 2.26. The summed E-state index contributed by atoms with van der Waals surface area (Å²) < 4.78 is 0. The van der Waals surface area contributed by atoms with Crippen molar-refractivity contribution in [1.82, 2.24) is 9.97 Å². The number of pyridine rings is 1. The summed E-state index contributed by atoms with van der Waals surface area (Å²) in [5, 5.41) is 6.51. The molecule has 0 saturated carbocycles. The highest BCUT2D eigenvalue weighted by Gasteiger charge is 2.07. The number of benzene rings is 1. The van der Waals surface area contributed by atoms with Gasteiger partial charge in [0.2, 0.25) is 0 Å². The Kier molecular flexibility index (Phi) is 3.74. The largest absolute Gasteiger partial charge is 0.377 e. The van der Waals surface area contributed by atoms with E-state index in [0.29, 0.717) is 0 Å². The van der Waals surface area contributed by atoms with Crippen molar-refractivity contribution in [2.45, 2.75) is 13.0 Å². The van der Waals surface area contributed by atoms with Crippen molar-refractivity contribution in [2.75, 3.05) is 5.32 Å². The van der Waals surface area contributed by atoms with E-state index in [9.17, 15) is 0 Å². The monoisotopic (exact) mass is 281 g/mol. The molecule has 1 unspecified atom stereocenters. The molecule has 20 heavy (non-hydrogen) atoms. The zero-order valence-electron chi connectivity index (χ0n) is 11.2. The minimum Gasteiger partial charge on any atom is -0.377 e. The third-order valence-electron chi connectivity index (χ3n) is 3.06. The Hall–Kier alpha value is -2.20. The van der Waals surface area contributed by atoms with E-state index < -0.39 is 0 Å². The van der Waals surface area contributed by atoms with E-state index in [1.807, 2.05) is 42.0 Å². The zero-order chi connectivity index (χ0) is 13.8. The molecule has 0 amide bonds. The first-order valence-electron chi connectivity index (χ1n) is 6.50. The molecular formula is C16H15N3S. The SMILES string of the molecule is CC(Nc1cccc(-c2nccs2)c1)c1ccccn1. The quantitative estimate of drug-likeness (QED) is 0.771. The Morgan fingerprint density at radius 1 is 1.05 bits per heavy atom. The summed E-state index contributed by atoms with van der Waals surface area (Å²) in [4.78, 5) is 8.72. The van der Waals surface area contributed by atoms with E-state index in [1.54, 1.807) is 11.3 Å². The number of anilines is 1. The van der Waals surface area contributed by atoms with Crippen LogP contribution in [0.1, 0.15) is 18.7 Å². The van der Waals surface area contributed by atoms with Crippen molar-refractivity contribution < 1.29 is 0 Å². The van der Waals surface area contributed by atoms with Crippen LogP contribution in [0.2, 0.25) is 0 Å². The van der Waals surface area contributed by atoms with Crippen LogP contribution < -0.4 is 5.32 Å². The van der Waals surface area contributed by atoms with E-state index in [4.69, 9.17) is 0 Å². The standard InChI is InChI=1S/C16H15N3S/c1-12(15-7-2-3-8-17-15)19-14-6-4-5-13(11-14)16-18-9-10-20-16/h2-12,19H,1H3. The number of aromatic nitrogens is 2. The van der Waals surface area contributed by atoms with Crippen LogP contribution in [0.3, 0.4) is 0 Å². The lowest BCUT2D eigenvalue weighted by atomic mass is 10.1. The normalized spacial score (nSPS) is 12.1. The fourth-order valence-electron chi connectivity index (χ4n) is 2.06. The molecule has 0 aliphatic heterocycles. The molecule has 0 radical (unpaired) electrons. The van der Waals surface area contributed by atoms with E-state index in [1.165, 1.54) is 0 Å². The van der Waals surface area contributed by atoms with E-state index in [2.05, 4.69) is 40.4 Å². The minimum absolute atomic E-state index is 0.169. The third kappa shape index (κ3) is 2.86. The molecule has 1 aromatic carbocycles. The molecule has 2 heterocycles. The second kappa shape index (κ2) is 5.84. The molecule has 0 bridgehead atoms. The minimum atomic E-state index is 0.169. The molecule has 1 N–H and O–H groups in total. The van der Waals surface area contributed by atoms with Gasteiger partial charge in [-0.05, 0) is 31.2 Å². The number of rotatable bonds is 4. The van der Waals surface area contributed by atoms with Crippen molar-refractivity contribution in [1.29, 1.82) is 0 Å². The van der Waals surface area contributed by atoms with Gasteiger partial charge in [0.15, 0.2) is 0 Å². The van der Waals surface area contributed by atoms with E-state index >= 15 is 0 Å². The highest BCUT2D eigenvalue weighted by molar-refractivity contribution is 7.13. The van der Waals surface area contributed by atoms with Crippen LogP contribution >= 0.6 is 11.3 Å². The van der Waals surface area contributed by atoms with Crippen LogP contribution in [0.4, 0.5) is 5.69 Å². The molecule has 0 saturated heterocycles. The van der Waals surface area contributed by atoms with Crippen LogP contribution in [0, 0.1) is 0 Å². The Morgan fingerprint density at radius 2 is 2.00 bits per heavy atom. The number of hydrogen-bond donors (Lipinski definition) is 1. The smallest absolute Gasteiger partial charge is 0.123 e. The van der Waals surface area contributed by atoms with Gasteiger partial charge in [-0.15, -0.1) is 11.3 Å². The van der Waals surface area contributed by atoms with E-state index in [0.717, 1.165) is 22.0 Å². The summed E-state index contributed by atoms with van der Waals surface area (Å²) in [6, 6.07) is 14.4. The maximum absolute atomic E-state index is 4.37. The van der Waals surface area contributed by atoms with E-state index in [-0.39, 0.29) is 6.04 Å². The second-order valence-electron chi connectivity index (χ2n) is 4.54. The average Bonchev–Trinajstić information content (AvgIpc) is 3.03. The Balaban J connectivity index is 1.80. The van der Waals surface area contributed by atoms with Crippen LogP contribution in [0.15, 0.2) is 60.2 Å². The first-order valence-corrected chi connectivity index (χ1v) is 7.38. The third-order valence-corrected chi connectivity index (χ3v) is 3.88. The number of thiazole rings is 1. The van der Waals surface area contributed by atoms with Gasteiger partial charge < -0.3 is 5.32 Å². The lowest BCUT2D eigenvalue weighted by molar-refractivity contribution is 0.839. The summed E-state index contributed by atoms with van der Waals surface area (Å²) in [6.07, 6.45) is 3.65. The van der Waals surface area contributed by atoms with Crippen LogP contribution in [0.5, 0.6) is 0 Å². The maximum atomic E-state index is 4.37. The zero-order valence-corrected chi connectivity index (χ0v) is 12.0. The average molecular weight is 281 g/mol. The van der Waals surface area contributed by atoms with Crippen LogP contribution in [0.25, 0.3) is 10.6 Å². The molecule has 0 aliphatic rings. The van der Waals surface area contributed by atoms with Crippen molar-refractivity contribution >= 4 is 17.0 Å². The molecule has 100 valence electrons. The van der Waals surface area contributed by atoms with Gasteiger partial charge in [-0.3, -0.25) is 4.98 Å². The fourth-order valence-corrected chi connectivity index (χ4v) is 2.70. The molecule has 3 aromatic rings. The van der Waals surface area contributed by atoms with Gasteiger partial charge in [0, 0.05) is 29.0 Å². The van der Waals surface area contributed by atoms with Gasteiger partial charge in [0.05, 0.1) is 11.7 Å². The van der Waals surface area contributed by atoms with Crippen LogP contribution in [-0.2, 0) is 0 Å². The number of nitrogens with zero attached hydrogens (tertiary/aromatic N) is 2. The summed E-state index contributed by atoms with van der Waals surface area (Å²) in [6.45, 7) is 2.11. The summed E-state index contributed by atoms with van der Waals surface area (Å²) in [5.74, 6) is 0. The van der Waals surface area contributed by atoms with Gasteiger partial charge in [-0.2, -0.15) is 0 Å². The molecule has 1 atom stereocenters. The summed E-state index contributed by atoms with van der Waals surface area (Å²) in [7, 11) is 0. The molecule has 2 aromatic heterocycles. The molecule has 0 fully saturated rings. The fraction of sp³-hybridized carbons (Fsp3) is 0.125. The molecule has 0 spiro atoms. The Morgan fingerprint density at radius 3 is 2.75 bits per heavy atom. The van der Waals surface area contributed by atoms with Gasteiger partial charge >= 0.3 is 0 Å². The van der Waals surface area contributed by atoms with Crippen molar-refractivity contribution in [3.8, 4) is 10.6 Å². The molecular weight excluding hydrogens is 266 g/mol. The number of nitrogens with one attached hydrogen (secondary N) is 1. The Bertz CT molecular complexity index is 665. The summed E-state index contributed by atoms with van der Waals surface area (Å²) >= 11 is 1.65. The molecule has 0 aliphatic carbocycles. The predicted molar refractivity (Wildman–Crippen MR) is 83.8 cm³/mol. The van der Waals surface area contributed by atoms with Gasteiger partial charge in [0.25, 0.3) is 0 Å². The van der Waals surface area contributed by atoms with Crippen molar-refractivity contribution in [3.05, 3.63) is 65.9 Å². The van der Waals surface area contributed by atoms with Crippen molar-refractivity contribution in [2.24, 2.45) is 0 Å². The van der Waals surface area contributed by atoms with Gasteiger partial charge in [0.1, 0.15) is 5.01 Å². The van der Waals surface area contributed by atoms with Crippen molar-refractivity contribution in [3.63, 3.8) is 0 Å². The van der Waals surface area contributed by atoms with Gasteiger partial charge in [-0.25, -0.2) is 4.98 Å². The lowest BCUT2D eigenvalue weighted by Crippen LogP contribution is -2.08. The lowest BCUT2D eigenvalue weighted by Gasteiger charge is -2.15. The number of hydrogen-bond acceptors (Lipinski definition) is 4. The predicted octanol–water partition coefficient (Wildman–Crippen LogP) is 4.38. The topological polar surface area (TPSA) is 37.8 Å². The molecule has 3 rings (SSSR count). The van der Waals surface area contributed by atoms with Gasteiger partial charge in [-0.1, -0.05) is 18.2 Å². The summed E-state index contributed by atoms with van der Waals surface area (Å²) in [5.41, 5.74) is 3.25. The molecule has 3 nitrogen and oxygen atoms in total. The second-order valence-corrected chi connectivity index (χ2v) is 5.43. The van der Waals surface area contributed by atoms with Crippen LogP contribution in [-0.4, -0.2) is 9.97 Å². The first kappa shape index (κ1) is 12.8. The first-order chi connectivity index (χ1) is 9.83.